The van der Waals surface area contributed by atoms with Crippen LogP contribution in [0.5, 0.6) is 0 Å². The van der Waals surface area contributed by atoms with Crippen molar-refractivity contribution in [3.05, 3.63) is 71.8 Å². The van der Waals surface area contributed by atoms with Crippen LogP contribution in [0.4, 0.5) is 0 Å². The number of benzene rings is 2. The summed E-state index contributed by atoms with van der Waals surface area (Å²) in [5, 5.41) is 0. The van der Waals surface area contributed by atoms with Crippen LogP contribution < -0.4 is 0 Å². The molecule has 23 heavy (non-hydrogen) atoms. The van der Waals surface area contributed by atoms with Crippen molar-refractivity contribution in [2.24, 2.45) is 0 Å². The van der Waals surface area contributed by atoms with Crippen LogP contribution in [-0.4, -0.2) is 38.4 Å². The zero-order valence-corrected chi connectivity index (χ0v) is 14.1. The van der Waals surface area contributed by atoms with Crippen molar-refractivity contribution >= 4 is 10.1 Å². The summed E-state index contributed by atoms with van der Waals surface area (Å²) in [6.45, 7) is 3.21. The third kappa shape index (κ3) is 4.41. The number of hydrogen-bond donors (Lipinski definition) is 0. The predicted molar refractivity (Wildman–Crippen MR) is 90.0 cm³/mol. The van der Waals surface area contributed by atoms with E-state index in [1.54, 1.807) is 0 Å². The molecule has 0 aromatic heterocycles. The van der Waals surface area contributed by atoms with Gasteiger partial charge >= 0.3 is 0 Å². The molecule has 5 heteroatoms. The second-order valence-electron chi connectivity index (χ2n) is 6.42. The molecule has 0 unspecified atom stereocenters. The Morgan fingerprint density at radius 3 is 1.74 bits per heavy atom. The summed E-state index contributed by atoms with van der Waals surface area (Å²) >= 11 is 0. The van der Waals surface area contributed by atoms with Gasteiger partial charge in [0.2, 0.25) is 0 Å². The van der Waals surface area contributed by atoms with Crippen LogP contribution in [0.3, 0.4) is 0 Å². The Bertz CT molecular complexity index is 695. The van der Waals surface area contributed by atoms with Gasteiger partial charge in [0, 0.05) is 11.1 Å². The molecule has 2 aromatic rings. The van der Waals surface area contributed by atoms with E-state index in [4.69, 9.17) is 4.18 Å². The van der Waals surface area contributed by atoms with Crippen molar-refractivity contribution in [1.82, 2.24) is 0 Å². The maximum absolute atomic E-state index is 11.3. The highest BCUT2D eigenvalue weighted by Crippen LogP contribution is 2.30. The molecule has 4 nitrogen and oxygen atoms in total. The first-order valence-electron chi connectivity index (χ1n) is 7.75. The fourth-order valence-electron chi connectivity index (χ4n) is 3.37. The Hall–Kier alpha value is -1.69. The van der Waals surface area contributed by atoms with Gasteiger partial charge < -0.3 is 4.48 Å². The van der Waals surface area contributed by atoms with Crippen molar-refractivity contribution in [2.45, 2.75) is 19.2 Å². The standard InChI is InChI=1S/C18H22NO3S/c1-23(20,21)22-18-14-19(15-18,12-16-8-4-2-5-9-16)13-17-10-6-3-7-11-17/h2-11,18H,12-15H2,1H3/q+1. The summed E-state index contributed by atoms with van der Waals surface area (Å²) in [5.41, 5.74) is 2.53. The molecule has 0 radical (unpaired) electrons. The fraction of sp³-hybridized carbons (Fsp3) is 0.333. The second kappa shape index (κ2) is 6.43. The minimum Gasteiger partial charge on any atom is -0.311 e. The molecule has 122 valence electrons. The van der Waals surface area contributed by atoms with Gasteiger partial charge in [-0.05, 0) is 0 Å². The van der Waals surface area contributed by atoms with Gasteiger partial charge in [0.25, 0.3) is 10.1 Å². The molecule has 1 saturated heterocycles. The first-order valence-corrected chi connectivity index (χ1v) is 9.57. The fourth-order valence-corrected chi connectivity index (χ4v) is 3.99. The number of rotatable bonds is 6. The van der Waals surface area contributed by atoms with Crippen LogP contribution in [0.15, 0.2) is 60.7 Å². The normalized spacial score (nSPS) is 17.6. The van der Waals surface area contributed by atoms with Crippen LogP contribution in [0, 0.1) is 0 Å². The van der Waals surface area contributed by atoms with Crippen molar-refractivity contribution in [3.63, 3.8) is 0 Å². The minimum absolute atomic E-state index is 0.211. The summed E-state index contributed by atoms with van der Waals surface area (Å²) in [4.78, 5) is 0. The summed E-state index contributed by atoms with van der Waals surface area (Å²) in [6.07, 6.45) is 0.909. The highest BCUT2D eigenvalue weighted by molar-refractivity contribution is 7.86. The highest BCUT2D eigenvalue weighted by atomic mass is 32.2. The lowest BCUT2D eigenvalue weighted by Crippen LogP contribution is -2.66. The molecule has 1 heterocycles. The quantitative estimate of drug-likeness (QED) is 0.603. The Morgan fingerprint density at radius 1 is 0.913 bits per heavy atom. The van der Waals surface area contributed by atoms with Crippen molar-refractivity contribution in [3.8, 4) is 0 Å². The molecule has 0 saturated carbocycles. The molecule has 1 fully saturated rings. The molecule has 1 aliphatic rings. The molecule has 0 amide bonds. The van der Waals surface area contributed by atoms with Crippen LogP contribution in [0.2, 0.25) is 0 Å². The number of nitrogens with zero attached hydrogens (tertiary/aromatic N) is 1. The Morgan fingerprint density at radius 2 is 1.35 bits per heavy atom. The first kappa shape index (κ1) is 16.2. The Kier molecular flexibility index (Phi) is 4.53. The van der Waals surface area contributed by atoms with E-state index in [2.05, 4.69) is 24.3 Å². The van der Waals surface area contributed by atoms with Gasteiger partial charge in [-0.25, -0.2) is 0 Å². The molecular formula is C18H22NO3S+. The summed E-state index contributed by atoms with van der Waals surface area (Å²) in [5.74, 6) is 0. The highest BCUT2D eigenvalue weighted by Gasteiger charge is 2.46. The van der Waals surface area contributed by atoms with E-state index in [9.17, 15) is 8.42 Å². The maximum Gasteiger partial charge on any atom is 0.265 e. The summed E-state index contributed by atoms with van der Waals surface area (Å²) < 4.78 is 28.7. The topological polar surface area (TPSA) is 43.4 Å². The zero-order valence-electron chi connectivity index (χ0n) is 13.3. The van der Waals surface area contributed by atoms with Gasteiger partial charge in [-0.2, -0.15) is 8.42 Å². The molecule has 3 rings (SSSR count). The summed E-state index contributed by atoms with van der Waals surface area (Å²) in [6, 6.07) is 20.7. The van der Waals surface area contributed by atoms with Crippen LogP contribution >= 0.6 is 0 Å². The number of likely N-dealkylation sites (tertiary alicyclic amines) is 1. The number of hydrogen-bond acceptors (Lipinski definition) is 3. The van der Waals surface area contributed by atoms with Crippen LogP contribution in [0.1, 0.15) is 11.1 Å². The van der Waals surface area contributed by atoms with Gasteiger partial charge in [0.05, 0.1) is 6.26 Å². The maximum atomic E-state index is 11.3. The van der Waals surface area contributed by atoms with Crippen molar-refractivity contribution in [1.29, 1.82) is 0 Å². The van der Waals surface area contributed by atoms with Crippen LogP contribution in [0.25, 0.3) is 0 Å². The van der Waals surface area contributed by atoms with Crippen molar-refractivity contribution < 1.29 is 17.1 Å². The average molecular weight is 332 g/mol. The molecule has 0 aliphatic carbocycles. The van der Waals surface area contributed by atoms with E-state index in [0.29, 0.717) is 0 Å². The second-order valence-corrected chi connectivity index (χ2v) is 8.02. The predicted octanol–water partition coefficient (Wildman–Crippen LogP) is 2.56. The molecule has 0 N–H and O–H groups in total. The summed E-state index contributed by atoms with van der Waals surface area (Å²) in [7, 11) is -3.39. The molecular weight excluding hydrogens is 310 g/mol. The van der Waals surface area contributed by atoms with E-state index in [1.807, 2.05) is 36.4 Å². The van der Waals surface area contributed by atoms with Gasteiger partial charge in [-0.1, -0.05) is 60.7 Å². The van der Waals surface area contributed by atoms with E-state index < -0.39 is 10.1 Å². The number of quaternary nitrogens is 1. The smallest absolute Gasteiger partial charge is 0.265 e. The minimum atomic E-state index is -3.39. The van der Waals surface area contributed by atoms with E-state index >= 15 is 0 Å². The molecule has 0 spiro atoms. The Labute approximate surface area is 138 Å². The lowest BCUT2D eigenvalue weighted by molar-refractivity contribution is -0.995. The molecule has 1 aliphatic heterocycles. The van der Waals surface area contributed by atoms with Gasteiger partial charge in [0.15, 0.2) is 6.10 Å². The van der Waals surface area contributed by atoms with E-state index in [1.165, 1.54) is 11.1 Å². The largest absolute Gasteiger partial charge is 0.311 e. The van der Waals surface area contributed by atoms with Crippen molar-refractivity contribution in [2.75, 3.05) is 19.3 Å². The van der Waals surface area contributed by atoms with E-state index in [-0.39, 0.29) is 6.10 Å². The van der Waals surface area contributed by atoms with Gasteiger partial charge in [-0.3, -0.25) is 4.18 Å². The monoisotopic (exact) mass is 332 g/mol. The van der Waals surface area contributed by atoms with Gasteiger partial charge in [0.1, 0.15) is 26.2 Å². The lowest BCUT2D eigenvalue weighted by Gasteiger charge is -2.49. The average Bonchev–Trinajstić information content (AvgIpc) is 2.46. The third-order valence-electron chi connectivity index (χ3n) is 4.21. The molecule has 0 atom stereocenters. The molecule has 0 bridgehead atoms. The van der Waals surface area contributed by atoms with Gasteiger partial charge in [-0.15, -0.1) is 0 Å². The Balaban J connectivity index is 1.75. The lowest BCUT2D eigenvalue weighted by atomic mass is 10.0. The first-order chi connectivity index (χ1) is 10.9. The van der Waals surface area contributed by atoms with E-state index in [0.717, 1.165) is 36.9 Å². The third-order valence-corrected chi connectivity index (χ3v) is 4.84. The van der Waals surface area contributed by atoms with Crippen LogP contribution in [-0.2, 0) is 27.4 Å². The SMILES string of the molecule is CS(=O)(=O)OC1C[N+](Cc2ccccc2)(Cc2ccccc2)C1. The zero-order chi connectivity index (χ0) is 16.3. The molecule has 2 aromatic carbocycles.